The van der Waals surface area contributed by atoms with E-state index in [0.29, 0.717) is 22.0 Å². The molecule has 0 aliphatic carbocycles. The van der Waals surface area contributed by atoms with Gasteiger partial charge in [0.15, 0.2) is 0 Å². The maximum absolute atomic E-state index is 12.4. The van der Waals surface area contributed by atoms with E-state index in [1.165, 1.54) is 0 Å². The Labute approximate surface area is 127 Å². The summed E-state index contributed by atoms with van der Waals surface area (Å²) < 4.78 is 0. The zero-order valence-corrected chi connectivity index (χ0v) is 11.9. The smallest absolute Gasteiger partial charge is 0.256 e. The first-order chi connectivity index (χ1) is 10.1. The van der Waals surface area contributed by atoms with Crippen molar-refractivity contribution in [2.24, 2.45) is 0 Å². The molecule has 0 aliphatic heterocycles. The van der Waals surface area contributed by atoms with Crippen LogP contribution in [0.5, 0.6) is 0 Å². The van der Waals surface area contributed by atoms with Gasteiger partial charge < -0.3 is 11.1 Å². The molecule has 0 bridgehead atoms. The Morgan fingerprint density at radius 3 is 2.29 bits per heavy atom. The van der Waals surface area contributed by atoms with Gasteiger partial charge in [0.25, 0.3) is 5.91 Å². The first-order valence-electron chi connectivity index (χ1n) is 6.49. The van der Waals surface area contributed by atoms with Crippen molar-refractivity contribution in [2.75, 3.05) is 11.1 Å². The van der Waals surface area contributed by atoms with Crippen LogP contribution in [-0.2, 0) is 0 Å². The third-order valence-corrected chi connectivity index (χ3v) is 3.56. The fourth-order valence-corrected chi connectivity index (χ4v) is 2.38. The SMILES string of the molecule is Nc1ccc(C(=O)Nc2ccc(Cl)cc2)c2ccccc12. The molecule has 3 nitrogen and oxygen atoms in total. The monoisotopic (exact) mass is 296 g/mol. The number of fused-ring (bicyclic) bond motifs is 1. The van der Waals surface area contributed by atoms with Crippen LogP contribution in [-0.4, -0.2) is 5.91 Å². The largest absolute Gasteiger partial charge is 0.398 e. The van der Waals surface area contributed by atoms with Crippen molar-refractivity contribution in [3.05, 3.63) is 71.2 Å². The minimum absolute atomic E-state index is 0.173. The molecule has 0 aliphatic rings. The molecule has 0 aromatic heterocycles. The van der Waals surface area contributed by atoms with Crippen molar-refractivity contribution in [1.29, 1.82) is 0 Å². The Bertz CT molecular complexity index is 813. The van der Waals surface area contributed by atoms with Crippen molar-refractivity contribution >= 4 is 39.7 Å². The highest BCUT2D eigenvalue weighted by atomic mass is 35.5. The third kappa shape index (κ3) is 2.69. The molecule has 0 spiro atoms. The normalized spacial score (nSPS) is 10.5. The zero-order valence-electron chi connectivity index (χ0n) is 11.1. The molecule has 3 N–H and O–H groups in total. The highest BCUT2D eigenvalue weighted by molar-refractivity contribution is 6.30. The second-order valence-corrected chi connectivity index (χ2v) is 5.15. The predicted octanol–water partition coefficient (Wildman–Crippen LogP) is 4.33. The Hall–Kier alpha value is -2.52. The van der Waals surface area contributed by atoms with Crippen LogP contribution in [0.25, 0.3) is 10.8 Å². The van der Waals surface area contributed by atoms with Crippen LogP contribution in [0, 0.1) is 0 Å². The van der Waals surface area contributed by atoms with Crippen LogP contribution >= 0.6 is 11.6 Å². The fraction of sp³-hybridized carbons (Fsp3) is 0. The number of nitrogens with one attached hydrogen (secondary N) is 1. The van der Waals surface area contributed by atoms with Crippen LogP contribution in [0.2, 0.25) is 5.02 Å². The molecule has 0 unspecified atom stereocenters. The van der Waals surface area contributed by atoms with Crippen molar-refractivity contribution in [1.82, 2.24) is 0 Å². The lowest BCUT2D eigenvalue weighted by atomic mass is 10.0. The number of hydrogen-bond donors (Lipinski definition) is 2. The second-order valence-electron chi connectivity index (χ2n) is 4.71. The number of nitrogen functional groups attached to an aromatic ring is 1. The molecule has 3 rings (SSSR count). The number of benzene rings is 3. The van der Waals surface area contributed by atoms with E-state index in [1.807, 2.05) is 24.3 Å². The molecular formula is C17H13ClN2O. The Morgan fingerprint density at radius 2 is 1.57 bits per heavy atom. The molecule has 3 aromatic carbocycles. The van der Waals surface area contributed by atoms with Crippen LogP contribution < -0.4 is 11.1 Å². The second kappa shape index (κ2) is 5.46. The predicted molar refractivity (Wildman–Crippen MR) is 87.8 cm³/mol. The van der Waals surface area contributed by atoms with Gasteiger partial charge in [0.2, 0.25) is 0 Å². The first kappa shape index (κ1) is 13.5. The van der Waals surface area contributed by atoms with E-state index in [1.54, 1.807) is 36.4 Å². The fourth-order valence-electron chi connectivity index (χ4n) is 2.25. The maximum atomic E-state index is 12.4. The van der Waals surface area contributed by atoms with Crippen molar-refractivity contribution in [3.8, 4) is 0 Å². The van der Waals surface area contributed by atoms with Gasteiger partial charge in [0.1, 0.15) is 0 Å². The molecule has 21 heavy (non-hydrogen) atoms. The van der Waals surface area contributed by atoms with Crippen LogP contribution in [0.1, 0.15) is 10.4 Å². The van der Waals surface area contributed by atoms with Gasteiger partial charge in [-0.3, -0.25) is 4.79 Å². The molecular weight excluding hydrogens is 284 g/mol. The summed E-state index contributed by atoms with van der Waals surface area (Å²) in [7, 11) is 0. The van der Waals surface area contributed by atoms with Crippen molar-refractivity contribution < 1.29 is 4.79 Å². The molecule has 3 aromatic rings. The number of anilines is 2. The van der Waals surface area contributed by atoms with Gasteiger partial charge in [0.05, 0.1) is 0 Å². The molecule has 4 heteroatoms. The molecule has 104 valence electrons. The highest BCUT2D eigenvalue weighted by Crippen LogP contribution is 2.25. The number of carbonyl (C=O) groups is 1. The zero-order chi connectivity index (χ0) is 14.8. The summed E-state index contributed by atoms with van der Waals surface area (Å²) in [4.78, 5) is 12.4. The lowest BCUT2D eigenvalue weighted by Crippen LogP contribution is -2.12. The average Bonchev–Trinajstić information content (AvgIpc) is 2.50. The van der Waals surface area contributed by atoms with E-state index in [4.69, 9.17) is 17.3 Å². The van der Waals surface area contributed by atoms with E-state index in [9.17, 15) is 4.79 Å². The van der Waals surface area contributed by atoms with Crippen molar-refractivity contribution in [3.63, 3.8) is 0 Å². The topological polar surface area (TPSA) is 55.1 Å². The van der Waals surface area contributed by atoms with Gasteiger partial charge in [-0.05, 0) is 41.8 Å². The number of hydrogen-bond acceptors (Lipinski definition) is 2. The van der Waals surface area contributed by atoms with E-state index in [2.05, 4.69) is 5.32 Å². The lowest BCUT2D eigenvalue weighted by Gasteiger charge is -2.09. The van der Waals surface area contributed by atoms with Gasteiger partial charge in [-0.25, -0.2) is 0 Å². The molecule has 1 amide bonds. The summed E-state index contributed by atoms with van der Waals surface area (Å²) in [5.41, 5.74) is 7.90. The Morgan fingerprint density at radius 1 is 0.905 bits per heavy atom. The molecule has 0 heterocycles. The minimum Gasteiger partial charge on any atom is -0.398 e. The van der Waals surface area contributed by atoms with Crippen LogP contribution in [0.15, 0.2) is 60.7 Å². The van der Waals surface area contributed by atoms with E-state index < -0.39 is 0 Å². The van der Waals surface area contributed by atoms with Gasteiger partial charge in [-0.15, -0.1) is 0 Å². The highest BCUT2D eigenvalue weighted by Gasteiger charge is 2.11. The summed E-state index contributed by atoms with van der Waals surface area (Å²) >= 11 is 5.83. The standard InChI is InChI=1S/C17H13ClN2O/c18-11-5-7-12(8-6-11)20-17(21)15-9-10-16(19)14-4-2-1-3-13(14)15/h1-10H,19H2,(H,20,21). The maximum Gasteiger partial charge on any atom is 0.256 e. The first-order valence-corrected chi connectivity index (χ1v) is 6.87. The number of carbonyl (C=O) groups excluding carboxylic acids is 1. The molecule has 0 saturated heterocycles. The summed E-state index contributed by atoms with van der Waals surface area (Å²) in [6.07, 6.45) is 0. The minimum atomic E-state index is -0.173. The number of amides is 1. The van der Waals surface area contributed by atoms with Crippen LogP contribution in [0.3, 0.4) is 0 Å². The summed E-state index contributed by atoms with van der Waals surface area (Å²) in [6, 6.07) is 18.1. The lowest BCUT2D eigenvalue weighted by molar-refractivity contribution is 0.102. The van der Waals surface area contributed by atoms with Gasteiger partial charge >= 0.3 is 0 Å². The third-order valence-electron chi connectivity index (χ3n) is 3.30. The van der Waals surface area contributed by atoms with E-state index in [0.717, 1.165) is 10.8 Å². The summed E-state index contributed by atoms with van der Waals surface area (Å²) in [5.74, 6) is -0.173. The number of rotatable bonds is 2. The number of nitrogens with two attached hydrogens (primary N) is 1. The molecule has 0 atom stereocenters. The number of halogens is 1. The van der Waals surface area contributed by atoms with Crippen LogP contribution in [0.4, 0.5) is 11.4 Å². The van der Waals surface area contributed by atoms with E-state index in [-0.39, 0.29) is 5.91 Å². The average molecular weight is 297 g/mol. The van der Waals surface area contributed by atoms with Crippen molar-refractivity contribution in [2.45, 2.75) is 0 Å². The molecule has 0 radical (unpaired) electrons. The van der Waals surface area contributed by atoms with Gasteiger partial charge in [0, 0.05) is 27.3 Å². The Kier molecular flexibility index (Phi) is 3.50. The molecule has 0 fully saturated rings. The summed E-state index contributed by atoms with van der Waals surface area (Å²) in [6.45, 7) is 0. The Balaban J connectivity index is 1.98. The van der Waals surface area contributed by atoms with Gasteiger partial charge in [-0.1, -0.05) is 35.9 Å². The summed E-state index contributed by atoms with van der Waals surface area (Å²) in [5, 5.41) is 5.20. The van der Waals surface area contributed by atoms with Gasteiger partial charge in [-0.2, -0.15) is 0 Å². The molecule has 0 saturated carbocycles. The van der Waals surface area contributed by atoms with E-state index >= 15 is 0 Å². The quantitative estimate of drug-likeness (QED) is 0.692.